The lowest BCUT2D eigenvalue weighted by molar-refractivity contribution is 0.144. The van der Waals surface area contributed by atoms with Gasteiger partial charge < -0.3 is 5.32 Å². The molecule has 2 nitrogen and oxygen atoms in total. The molecule has 2 unspecified atom stereocenters. The van der Waals surface area contributed by atoms with Crippen molar-refractivity contribution in [1.29, 1.82) is 0 Å². The standard InChI is InChI=1S/C14H22N2S/c1-11(8-12-4-7-17-10-12)16-6-5-15-14(9-16)13-2-3-13/h4,7,10-11,13-15H,2-3,5-6,8-9H2,1H3. The summed E-state index contributed by atoms with van der Waals surface area (Å²) in [6, 6.07) is 3.73. The van der Waals surface area contributed by atoms with E-state index < -0.39 is 0 Å². The molecule has 17 heavy (non-hydrogen) atoms. The topological polar surface area (TPSA) is 15.3 Å². The second kappa shape index (κ2) is 5.09. The maximum absolute atomic E-state index is 3.69. The number of nitrogens with zero attached hydrogens (tertiary/aromatic N) is 1. The first kappa shape index (κ1) is 11.7. The lowest BCUT2D eigenvalue weighted by Gasteiger charge is -2.37. The van der Waals surface area contributed by atoms with Crippen LogP contribution in [-0.4, -0.2) is 36.6 Å². The number of thiophene rings is 1. The summed E-state index contributed by atoms with van der Waals surface area (Å²) < 4.78 is 0. The number of rotatable bonds is 4. The smallest absolute Gasteiger partial charge is 0.0223 e. The average Bonchev–Trinajstić information content (AvgIpc) is 3.09. The van der Waals surface area contributed by atoms with Crippen molar-refractivity contribution in [2.45, 2.75) is 38.3 Å². The molecule has 3 rings (SSSR count). The van der Waals surface area contributed by atoms with E-state index >= 15 is 0 Å². The van der Waals surface area contributed by atoms with Crippen LogP contribution in [0.25, 0.3) is 0 Å². The molecule has 1 aliphatic carbocycles. The monoisotopic (exact) mass is 250 g/mol. The molecule has 0 amide bonds. The normalized spacial score (nSPS) is 28.2. The van der Waals surface area contributed by atoms with Crippen LogP contribution >= 0.6 is 11.3 Å². The van der Waals surface area contributed by atoms with Crippen LogP contribution in [0.15, 0.2) is 16.8 Å². The van der Waals surface area contributed by atoms with Crippen molar-refractivity contribution >= 4 is 11.3 Å². The third kappa shape index (κ3) is 2.90. The van der Waals surface area contributed by atoms with Crippen molar-refractivity contribution in [3.8, 4) is 0 Å². The molecule has 2 atom stereocenters. The highest BCUT2D eigenvalue weighted by atomic mass is 32.1. The molecule has 2 aliphatic rings. The van der Waals surface area contributed by atoms with Crippen LogP contribution in [0.2, 0.25) is 0 Å². The van der Waals surface area contributed by atoms with Crippen LogP contribution in [0.1, 0.15) is 25.3 Å². The average molecular weight is 250 g/mol. The largest absolute Gasteiger partial charge is 0.311 e. The SMILES string of the molecule is CC(Cc1ccsc1)N1CCNC(C2CC2)C1. The molecule has 3 heteroatoms. The first-order valence-electron chi connectivity index (χ1n) is 6.81. The molecule has 0 bridgehead atoms. The third-order valence-corrected chi connectivity index (χ3v) is 4.89. The number of piperazine rings is 1. The fraction of sp³-hybridized carbons (Fsp3) is 0.714. The molecule has 1 aliphatic heterocycles. The number of hydrogen-bond acceptors (Lipinski definition) is 3. The Morgan fingerprint density at radius 1 is 1.53 bits per heavy atom. The Bertz CT molecular complexity index is 345. The molecule has 1 saturated heterocycles. The number of nitrogens with one attached hydrogen (secondary N) is 1. The highest BCUT2D eigenvalue weighted by molar-refractivity contribution is 7.07. The zero-order valence-electron chi connectivity index (χ0n) is 10.6. The predicted molar refractivity (Wildman–Crippen MR) is 73.6 cm³/mol. The molecule has 0 radical (unpaired) electrons. The Labute approximate surface area is 108 Å². The van der Waals surface area contributed by atoms with Gasteiger partial charge in [-0.2, -0.15) is 11.3 Å². The first-order valence-corrected chi connectivity index (χ1v) is 7.76. The van der Waals surface area contributed by atoms with Gasteiger partial charge in [0, 0.05) is 31.7 Å². The summed E-state index contributed by atoms with van der Waals surface area (Å²) >= 11 is 1.81. The molecule has 0 aromatic carbocycles. The van der Waals surface area contributed by atoms with E-state index in [0.29, 0.717) is 6.04 Å². The van der Waals surface area contributed by atoms with E-state index in [9.17, 15) is 0 Å². The van der Waals surface area contributed by atoms with Gasteiger partial charge in [0.05, 0.1) is 0 Å². The predicted octanol–water partition coefficient (Wildman–Crippen LogP) is 2.36. The summed E-state index contributed by atoms with van der Waals surface area (Å²) in [4.78, 5) is 2.68. The van der Waals surface area contributed by atoms with E-state index in [0.717, 1.165) is 12.0 Å². The Morgan fingerprint density at radius 2 is 2.41 bits per heavy atom. The van der Waals surface area contributed by atoms with Crippen LogP contribution in [0.5, 0.6) is 0 Å². The highest BCUT2D eigenvalue weighted by Gasteiger charge is 2.34. The summed E-state index contributed by atoms with van der Waals surface area (Å²) in [6.45, 7) is 6.03. The van der Waals surface area contributed by atoms with Gasteiger partial charge in [-0.1, -0.05) is 0 Å². The van der Waals surface area contributed by atoms with Crippen molar-refractivity contribution in [2.24, 2.45) is 5.92 Å². The van der Waals surface area contributed by atoms with E-state index in [1.165, 1.54) is 44.5 Å². The molecule has 0 spiro atoms. The van der Waals surface area contributed by atoms with Gasteiger partial charge in [-0.3, -0.25) is 4.90 Å². The van der Waals surface area contributed by atoms with Crippen LogP contribution in [0, 0.1) is 5.92 Å². The molecule has 1 saturated carbocycles. The minimum Gasteiger partial charge on any atom is -0.311 e. The van der Waals surface area contributed by atoms with E-state index in [1.807, 2.05) is 11.3 Å². The molecule has 1 aromatic rings. The van der Waals surface area contributed by atoms with Crippen LogP contribution in [-0.2, 0) is 6.42 Å². The molecular weight excluding hydrogens is 228 g/mol. The summed E-state index contributed by atoms with van der Waals surface area (Å²) in [5.74, 6) is 0.978. The van der Waals surface area contributed by atoms with Crippen LogP contribution in [0.3, 0.4) is 0 Å². The minimum absolute atomic E-state index is 0.688. The van der Waals surface area contributed by atoms with E-state index in [-0.39, 0.29) is 0 Å². The van der Waals surface area contributed by atoms with Gasteiger partial charge in [0.2, 0.25) is 0 Å². The fourth-order valence-corrected chi connectivity index (χ4v) is 3.58. The lowest BCUT2D eigenvalue weighted by Crippen LogP contribution is -2.54. The van der Waals surface area contributed by atoms with Crippen molar-refractivity contribution in [3.05, 3.63) is 22.4 Å². The molecule has 2 heterocycles. The minimum atomic E-state index is 0.688. The summed E-state index contributed by atoms with van der Waals surface area (Å²) in [5.41, 5.74) is 1.50. The molecule has 1 aromatic heterocycles. The third-order valence-electron chi connectivity index (χ3n) is 4.16. The molecular formula is C14H22N2S. The van der Waals surface area contributed by atoms with Gasteiger partial charge in [-0.15, -0.1) is 0 Å². The van der Waals surface area contributed by atoms with Crippen molar-refractivity contribution in [2.75, 3.05) is 19.6 Å². The lowest BCUT2D eigenvalue weighted by atomic mass is 10.0. The molecule has 94 valence electrons. The number of hydrogen-bond donors (Lipinski definition) is 1. The quantitative estimate of drug-likeness (QED) is 0.882. The Balaban J connectivity index is 1.55. The van der Waals surface area contributed by atoms with Crippen LogP contribution in [0.4, 0.5) is 0 Å². The Kier molecular flexibility index (Phi) is 3.50. The van der Waals surface area contributed by atoms with Gasteiger partial charge in [-0.05, 0) is 54.5 Å². The van der Waals surface area contributed by atoms with Gasteiger partial charge in [0.25, 0.3) is 0 Å². The summed E-state index contributed by atoms with van der Waals surface area (Å²) in [5, 5.41) is 8.16. The van der Waals surface area contributed by atoms with E-state index in [4.69, 9.17) is 0 Å². The molecule has 1 N–H and O–H groups in total. The maximum Gasteiger partial charge on any atom is 0.0223 e. The van der Waals surface area contributed by atoms with Gasteiger partial charge in [-0.25, -0.2) is 0 Å². The van der Waals surface area contributed by atoms with Crippen molar-refractivity contribution in [3.63, 3.8) is 0 Å². The summed E-state index contributed by atoms with van der Waals surface area (Å²) in [6.07, 6.45) is 4.11. The Hall–Kier alpha value is -0.380. The molecule has 2 fully saturated rings. The van der Waals surface area contributed by atoms with Crippen molar-refractivity contribution in [1.82, 2.24) is 10.2 Å². The highest BCUT2D eigenvalue weighted by Crippen LogP contribution is 2.34. The van der Waals surface area contributed by atoms with Crippen molar-refractivity contribution < 1.29 is 0 Å². The van der Waals surface area contributed by atoms with Gasteiger partial charge >= 0.3 is 0 Å². The van der Waals surface area contributed by atoms with E-state index in [1.54, 1.807) is 0 Å². The van der Waals surface area contributed by atoms with Crippen LogP contribution < -0.4 is 5.32 Å². The Morgan fingerprint density at radius 3 is 3.12 bits per heavy atom. The second-order valence-corrected chi connectivity index (χ2v) is 6.36. The zero-order chi connectivity index (χ0) is 11.7. The summed E-state index contributed by atoms with van der Waals surface area (Å²) in [7, 11) is 0. The zero-order valence-corrected chi connectivity index (χ0v) is 11.4. The fourth-order valence-electron chi connectivity index (χ4n) is 2.90. The maximum atomic E-state index is 3.69. The van der Waals surface area contributed by atoms with Gasteiger partial charge in [0.15, 0.2) is 0 Å². The first-order chi connectivity index (χ1) is 8.33. The van der Waals surface area contributed by atoms with Gasteiger partial charge in [0.1, 0.15) is 0 Å². The van der Waals surface area contributed by atoms with E-state index in [2.05, 4.69) is 34.0 Å². The second-order valence-electron chi connectivity index (χ2n) is 5.58.